The molecule has 0 saturated heterocycles. The van der Waals surface area contributed by atoms with E-state index < -0.39 is 6.04 Å². The van der Waals surface area contributed by atoms with Crippen molar-refractivity contribution in [1.29, 1.82) is 0 Å². The lowest BCUT2D eigenvalue weighted by atomic mass is 9.95. The Hall–Kier alpha value is -4.98. The van der Waals surface area contributed by atoms with E-state index in [4.69, 9.17) is 18.6 Å². The molecule has 3 heterocycles. The van der Waals surface area contributed by atoms with Crippen LogP contribution in [-0.4, -0.2) is 35.2 Å². The number of methoxy groups -OCH3 is 2. The molecule has 0 saturated carbocycles. The SMILES string of the molecule is COc1ccc(-c2n[nH]c3c2C(c2ccc(OCc4ccccc4)c(OC)c2)N(Cc2ccco2)C3=O)cc1. The first-order valence-corrected chi connectivity index (χ1v) is 12.6. The quantitative estimate of drug-likeness (QED) is 0.255. The highest BCUT2D eigenvalue weighted by atomic mass is 16.5. The van der Waals surface area contributed by atoms with Gasteiger partial charge in [0.2, 0.25) is 0 Å². The van der Waals surface area contributed by atoms with Crippen LogP contribution in [0.1, 0.15) is 39.0 Å². The Morgan fingerprint density at radius 3 is 2.46 bits per heavy atom. The summed E-state index contributed by atoms with van der Waals surface area (Å²) >= 11 is 0. The Kier molecular flexibility index (Phi) is 6.50. The van der Waals surface area contributed by atoms with E-state index in [0.717, 1.165) is 28.0 Å². The fraction of sp³-hybridized carbons (Fsp3) is 0.161. The summed E-state index contributed by atoms with van der Waals surface area (Å²) in [5.41, 5.74) is 4.77. The number of furan rings is 1. The summed E-state index contributed by atoms with van der Waals surface area (Å²) in [6, 6.07) is 26.6. The number of benzene rings is 3. The molecule has 0 spiro atoms. The number of hydrogen-bond donors (Lipinski definition) is 1. The number of fused-ring (bicyclic) bond motifs is 1. The molecule has 1 N–H and O–H groups in total. The molecule has 3 aromatic carbocycles. The smallest absolute Gasteiger partial charge is 0.273 e. The van der Waals surface area contributed by atoms with Crippen LogP contribution in [0.15, 0.2) is 95.6 Å². The molecule has 0 aliphatic carbocycles. The van der Waals surface area contributed by atoms with Gasteiger partial charge in [0.15, 0.2) is 11.5 Å². The van der Waals surface area contributed by atoms with Gasteiger partial charge in [-0.15, -0.1) is 0 Å². The van der Waals surface area contributed by atoms with Crippen molar-refractivity contribution in [3.8, 4) is 28.5 Å². The first-order chi connectivity index (χ1) is 19.2. The highest BCUT2D eigenvalue weighted by Crippen LogP contribution is 2.45. The molecule has 8 nitrogen and oxygen atoms in total. The summed E-state index contributed by atoms with van der Waals surface area (Å²) in [7, 11) is 3.24. The van der Waals surface area contributed by atoms with Gasteiger partial charge in [-0.3, -0.25) is 9.89 Å². The second kappa shape index (κ2) is 10.4. The zero-order valence-corrected chi connectivity index (χ0v) is 21.6. The molecule has 1 aliphatic rings. The largest absolute Gasteiger partial charge is 0.497 e. The maximum atomic E-state index is 13.7. The molecule has 2 aromatic heterocycles. The number of rotatable bonds is 9. The van der Waals surface area contributed by atoms with Gasteiger partial charge in [-0.2, -0.15) is 5.10 Å². The summed E-state index contributed by atoms with van der Waals surface area (Å²) in [6.07, 6.45) is 1.61. The number of aromatic nitrogens is 2. The number of hydrogen-bond acceptors (Lipinski definition) is 6. The third kappa shape index (κ3) is 4.61. The first-order valence-electron chi connectivity index (χ1n) is 12.6. The molecule has 39 heavy (non-hydrogen) atoms. The van der Waals surface area contributed by atoms with Gasteiger partial charge in [-0.25, -0.2) is 0 Å². The van der Waals surface area contributed by atoms with Gasteiger partial charge >= 0.3 is 0 Å². The third-order valence-electron chi connectivity index (χ3n) is 6.87. The summed E-state index contributed by atoms with van der Waals surface area (Å²) in [6.45, 7) is 0.715. The van der Waals surface area contributed by atoms with Crippen molar-refractivity contribution < 1.29 is 23.4 Å². The number of amides is 1. The molecule has 0 bridgehead atoms. The molecule has 1 amide bonds. The van der Waals surface area contributed by atoms with Gasteiger partial charge in [-0.05, 0) is 59.7 Å². The van der Waals surface area contributed by atoms with Crippen LogP contribution in [0, 0.1) is 0 Å². The second-order valence-corrected chi connectivity index (χ2v) is 9.19. The molecule has 6 rings (SSSR count). The Morgan fingerprint density at radius 1 is 0.923 bits per heavy atom. The van der Waals surface area contributed by atoms with E-state index in [2.05, 4.69) is 10.2 Å². The van der Waals surface area contributed by atoms with Crippen LogP contribution >= 0.6 is 0 Å². The molecule has 1 atom stereocenters. The van der Waals surface area contributed by atoms with Crippen LogP contribution < -0.4 is 14.2 Å². The number of aromatic amines is 1. The molecular weight excluding hydrogens is 494 g/mol. The topological polar surface area (TPSA) is 89.8 Å². The van der Waals surface area contributed by atoms with Crippen molar-refractivity contribution in [3.05, 3.63) is 119 Å². The van der Waals surface area contributed by atoms with Crippen molar-refractivity contribution in [2.24, 2.45) is 0 Å². The van der Waals surface area contributed by atoms with Crippen LogP contribution in [0.3, 0.4) is 0 Å². The lowest BCUT2D eigenvalue weighted by Gasteiger charge is -2.26. The Morgan fingerprint density at radius 2 is 1.74 bits per heavy atom. The molecule has 1 aliphatic heterocycles. The van der Waals surface area contributed by atoms with Gasteiger partial charge in [0.25, 0.3) is 5.91 Å². The monoisotopic (exact) mass is 521 g/mol. The number of nitrogens with zero attached hydrogens (tertiary/aromatic N) is 2. The minimum Gasteiger partial charge on any atom is -0.497 e. The van der Waals surface area contributed by atoms with Crippen LogP contribution in [0.5, 0.6) is 17.2 Å². The molecule has 5 aromatic rings. The molecule has 0 fully saturated rings. The fourth-order valence-electron chi connectivity index (χ4n) is 4.95. The summed E-state index contributed by atoms with van der Waals surface area (Å²) in [5, 5.41) is 7.54. The maximum Gasteiger partial charge on any atom is 0.273 e. The van der Waals surface area contributed by atoms with Crippen molar-refractivity contribution in [2.45, 2.75) is 19.2 Å². The van der Waals surface area contributed by atoms with Gasteiger partial charge in [0.05, 0.1) is 38.8 Å². The maximum absolute atomic E-state index is 13.7. The minimum absolute atomic E-state index is 0.151. The van der Waals surface area contributed by atoms with Gasteiger partial charge < -0.3 is 23.5 Å². The zero-order chi connectivity index (χ0) is 26.8. The van der Waals surface area contributed by atoms with E-state index in [-0.39, 0.29) is 5.91 Å². The first kappa shape index (κ1) is 24.4. The highest BCUT2D eigenvalue weighted by Gasteiger charge is 2.42. The summed E-state index contributed by atoms with van der Waals surface area (Å²) < 4.78 is 22.7. The van der Waals surface area contributed by atoms with Crippen molar-refractivity contribution in [3.63, 3.8) is 0 Å². The molecule has 196 valence electrons. The summed E-state index contributed by atoms with van der Waals surface area (Å²) in [5.74, 6) is 2.48. The van der Waals surface area contributed by atoms with Crippen LogP contribution in [0.25, 0.3) is 11.3 Å². The average Bonchev–Trinajstić information content (AvgIpc) is 3.72. The average molecular weight is 522 g/mol. The Bertz CT molecular complexity index is 1580. The Balaban J connectivity index is 1.40. The fourth-order valence-corrected chi connectivity index (χ4v) is 4.95. The molecule has 1 unspecified atom stereocenters. The van der Waals surface area contributed by atoms with Crippen LogP contribution in [0.4, 0.5) is 0 Å². The van der Waals surface area contributed by atoms with Gasteiger partial charge in [0, 0.05) is 11.1 Å². The number of carbonyl (C=O) groups is 1. The zero-order valence-electron chi connectivity index (χ0n) is 21.6. The number of ether oxygens (including phenoxy) is 3. The normalized spacial score (nSPS) is 14.4. The number of nitrogens with one attached hydrogen (secondary N) is 1. The highest BCUT2D eigenvalue weighted by molar-refractivity contribution is 6.00. The van der Waals surface area contributed by atoms with Crippen LogP contribution in [0.2, 0.25) is 0 Å². The summed E-state index contributed by atoms with van der Waals surface area (Å²) in [4.78, 5) is 15.5. The Labute approximate surface area is 225 Å². The van der Waals surface area contributed by atoms with E-state index in [1.807, 2.05) is 84.9 Å². The van der Waals surface area contributed by atoms with E-state index >= 15 is 0 Å². The third-order valence-corrected chi connectivity index (χ3v) is 6.87. The van der Waals surface area contributed by atoms with Crippen molar-refractivity contribution in [2.75, 3.05) is 14.2 Å². The lowest BCUT2D eigenvalue weighted by molar-refractivity contribution is 0.0716. The molecular formula is C31H27N3O5. The second-order valence-electron chi connectivity index (χ2n) is 9.19. The number of H-pyrrole nitrogens is 1. The van der Waals surface area contributed by atoms with Gasteiger partial charge in [0.1, 0.15) is 23.8 Å². The van der Waals surface area contributed by atoms with Crippen LogP contribution in [-0.2, 0) is 13.2 Å². The predicted molar refractivity (Wildman–Crippen MR) is 145 cm³/mol. The lowest BCUT2D eigenvalue weighted by Crippen LogP contribution is -2.29. The van der Waals surface area contributed by atoms with Crippen molar-refractivity contribution >= 4 is 5.91 Å². The van der Waals surface area contributed by atoms with E-state index in [1.165, 1.54) is 0 Å². The van der Waals surface area contributed by atoms with Gasteiger partial charge in [-0.1, -0.05) is 36.4 Å². The predicted octanol–water partition coefficient (Wildman–Crippen LogP) is 6.01. The molecule has 8 heteroatoms. The number of carbonyl (C=O) groups excluding carboxylic acids is 1. The minimum atomic E-state index is -0.425. The van der Waals surface area contributed by atoms with E-state index in [1.54, 1.807) is 25.4 Å². The molecule has 0 radical (unpaired) electrons. The van der Waals surface area contributed by atoms with E-state index in [9.17, 15) is 4.79 Å². The standard InChI is InChI=1S/C31H27N3O5/c1-36-23-13-10-21(11-14-23)28-27-29(33-32-28)31(35)34(18-24-9-6-16-38-24)30(27)22-12-15-25(26(17-22)37-2)39-19-20-7-4-3-5-8-20/h3-17,30H,18-19H2,1-2H3,(H,32,33). The van der Waals surface area contributed by atoms with Crippen molar-refractivity contribution in [1.82, 2.24) is 15.1 Å². The van der Waals surface area contributed by atoms with E-state index in [0.29, 0.717) is 41.8 Å².